The quantitative estimate of drug-likeness (QED) is 0.0255. The molecule has 0 atom stereocenters. The first-order valence-corrected chi connectivity index (χ1v) is 14.0. The average molecular weight is 655 g/mol. The molecule has 254 valence electrons. The van der Waals surface area contributed by atoms with E-state index in [4.69, 9.17) is 49.0 Å². The van der Waals surface area contributed by atoms with Gasteiger partial charge in [-0.25, -0.2) is 4.98 Å². The summed E-state index contributed by atoms with van der Waals surface area (Å²) < 4.78 is 54.9. The van der Waals surface area contributed by atoms with E-state index in [2.05, 4.69) is 30.0 Å². The van der Waals surface area contributed by atoms with E-state index in [0.29, 0.717) is 85.8 Å². The number of rotatable bonds is 27. The summed E-state index contributed by atoms with van der Waals surface area (Å²) in [5.74, 6) is -0.729. The molecule has 0 aliphatic carbocycles. The van der Waals surface area contributed by atoms with Crippen molar-refractivity contribution in [1.29, 1.82) is 0 Å². The lowest BCUT2D eigenvalue weighted by Crippen LogP contribution is -2.13. The SMILES string of the molecule is [N-]=[N+]=NCCOCCOCCOCCOc1cccnc1[18F].[N-]=[N+]=NCCOCCOCCOCCOc1cccnc1[N+](=O)[O-]. The summed E-state index contributed by atoms with van der Waals surface area (Å²) in [5, 5.41) is 17.4. The van der Waals surface area contributed by atoms with E-state index < -0.39 is 10.9 Å². The molecule has 0 aromatic carbocycles. The standard InChI is InChI=1S/C13H19FN4O4.C13H19N5O6/c14-13-12(2-1-3-16-13)22-11-10-21-9-8-20-7-6-19-5-4-17-18-15;14-17-16-4-5-21-6-7-22-8-9-23-10-11-24-12-2-1-3-15-13(12)18(19)20/h1-3H,4-11H2;1-3H,4-11H2/i14-1;. The Morgan fingerprint density at radius 1 is 0.652 bits per heavy atom. The van der Waals surface area contributed by atoms with Crippen LogP contribution in [0.2, 0.25) is 0 Å². The number of aromatic nitrogens is 2. The van der Waals surface area contributed by atoms with Gasteiger partial charge in [0.2, 0.25) is 5.75 Å². The zero-order valence-corrected chi connectivity index (χ0v) is 25.3. The van der Waals surface area contributed by atoms with Crippen LogP contribution in [0.15, 0.2) is 46.9 Å². The topological polar surface area (TPSA) is 240 Å². The molecule has 0 saturated heterocycles. The molecule has 19 nitrogen and oxygen atoms in total. The fourth-order valence-corrected chi connectivity index (χ4v) is 2.92. The minimum atomic E-state index is -0.633. The molecule has 0 aliphatic heterocycles. The van der Waals surface area contributed by atoms with Crippen LogP contribution < -0.4 is 9.47 Å². The fourth-order valence-electron chi connectivity index (χ4n) is 2.92. The Morgan fingerprint density at radius 3 is 1.48 bits per heavy atom. The number of nitrogens with zero attached hydrogens (tertiary/aromatic N) is 9. The van der Waals surface area contributed by atoms with Crippen LogP contribution >= 0.6 is 0 Å². The summed E-state index contributed by atoms with van der Waals surface area (Å²) in [7, 11) is 0. The van der Waals surface area contributed by atoms with Crippen LogP contribution in [0.5, 0.6) is 11.5 Å². The van der Waals surface area contributed by atoms with Gasteiger partial charge >= 0.3 is 5.82 Å². The third-order valence-corrected chi connectivity index (χ3v) is 4.90. The molecule has 2 rings (SSSR count). The van der Waals surface area contributed by atoms with Gasteiger partial charge in [-0.3, -0.25) is 0 Å². The van der Waals surface area contributed by atoms with E-state index in [0.717, 1.165) is 0 Å². The molecule has 2 heterocycles. The number of azide groups is 2. The molecule has 0 unspecified atom stereocenters. The van der Waals surface area contributed by atoms with Crippen LogP contribution in [0.3, 0.4) is 0 Å². The van der Waals surface area contributed by atoms with E-state index >= 15 is 0 Å². The lowest BCUT2D eigenvalue weighted by molar-refractivity contribution is -0.390. The zero-order valence-electron chi connectivity index (χ0n) is 25.3. The Morgan fingerprint density at radius 2 is 1.04 bits per heavy atom. The number of nitro groups is 1. The van der Waals surface area contributed by atoms with Crippen LogP contribution in [0.4, 0.5) is 10.2 Å². The van der Waals surface area contributed by atoms with Crippen molar-refractivity contribution in [1.82, 2.24) is 9.97 Å². The molecule has 2 aromatic heterocycles. The Hall–Kier alpha value is -4.39. The maximum Gasteiger partial charge on any atom is 0.406 e. The number of halogens is 1. The van der Waals surface area contributed by atoms with Gasteiger partial charge in [-0.1, -0.05) is 10.2 Å². The van der Waals surface area contributed by atoms with E-state index in [9.17, 15) is 14.5 Å². The van der Waals surface area contributed by atoms with Gasteiger partial charge in [-0.15, -0.1) is 0 Å². The Labute approximate surface area is 264 Å². The van der Waals surface area contributed by atoms with Crippen molar-refractivity contribution in [2.24, 2.45) is 10.2 Å². The van der Waals surface area contributed by atoms with Crippen LogP contribution in [0.1, 0.15) is 0 Å². The molecule has 0 spiro atoms. The van der Waals surface area contributed by atoms with Crippen LogP contribution in [0.25, 0.3) is 20.9 Å². The number of pyridine rings is 2. The number of hydrogen-bond donors (Lipinski definition) is 0. The highest BCUT2D eigenvalue weighted by Gasteiger charge is 2.15. The first kappa shape index (κ1) is 39.6. The number of hydrogen-bond acceptors (Lipinski definition) is 14. The van der Waals surface area contributed by atoms with Gasteiger partial charge in [0.05, 0.1) is 79.3 Å². The predicted molar refractivity (Wildman–Crippen MR) is 159 cm³/mol. The highest BCUT2D eigenvalue weighted by molar-refractivity contribution is 5.38. The summed E-state index contributed by atoms with van der Waals surface area (Å²) in [6.45, 7) is 5.70. The van der Waals surface area contributed by atoms with Crippen LogP contribution in [-0.2, 0) is 28.4 Å². The van der Waals surface area contributed by atoms with Gasteiger partial charge in [0.25, 0.3) is 5.95 Å². The molecule has 0 fully saturated rings. The first-order chi connectivity index (χ1) is 22.6. The van der Waals surface area contributed by atoms with Gasteiger partial charge in [-0.2, -0.15) is 4.39 Å². The smallest absolute Gasteiger partial charge is 0.406 e. The minimum absolute atomic E-state index is 0.111. The van der Waals surface area contributed by atoms with Crippen molar-refractivity contribution in [3.63, 3.8) is 0 Å². The summed E-state index contributed by atoms with van der Waals surface area (Å²) in [5.41, 5.74) is 16.1. The van der Waals surface area contributed by atoms with Crippen molar-refractivity contribution < 1.29 is 47.2 Å². The summed E-state index contributed by atoms with van der Waals surface area (Å²) in [6, 6.07) is 6.15. The van der Waals surface area contributed by atoms with E-state index in [1.54, 1.807) is 12.1 Å². The molecule has 2 aromatic rings. The molecular formula is C26H38FN9O10. The minimum Gasteiger partial charge on any atom is -0.486 e. The maximum absolute atomic E-state index is 13.1. The third kappa shape index (κ3) is 22.2. The lowest BCUT2D eigenvalue weighted by atomic mass is 10.4. The lowest BCUT2D eigenvalue weighted by Gasteiger charge is -2.08. The molecular weight excluding hydrogens is 616 g/mol. The summed E-state index contributed by atoms with van der Waals surface area (Å²) >= 11 is 0. The van der Waals surface area contributed by atoms with Crippen molar-refractivity contribution in [3.05, 3.63) is 73.6 Å². The molecule has 0 N–H and O–H groups in total. The normalized spacial score (nSPS) is 10.2. The molecule has 0 radical (unpaired) electrons. The van der Waals surface area contributed by atoms with E-state index in [-0.39, 0.29) is 37.1 Å². The van der Waals surface area contributed by atoms with E-state index in [1.165, 1.54) is 24.5 Å². The highest BCUT2D eigenvalue weighted by atomic mass is 18.2. The first-order valence-electron chi connectivity index (χ1n) is 14.0. The molecule has 0 aliphatic rings. The largest absolute Gasteiger partial charge is 0.486 e. The zero-order chi connectivity index (χ0) is 33.3. The van der Waals surface area contributed by atoms with Crippen molar-refractivity contribution in [2.75, 3.05) is 106 Å². The van der Waals surface area contributed by atoms with Crippen molar-refractivity contribution in [3.8, 4) is 11.5 Å². The molecule has 0 bridgehead atoms. The molecule has 0 amide bonds. The van der Waals surface area contributed by atoms with Gasteiger partial charge in [0.1, 0.15) is 19.4 Å². The molecule has 46 heavy (non-hydrogen) atoms. The fraction of sp³-hybridized carbons (Fsp3) is 0.615. The summed E-state index contributed by atoms with van der Waals surface area (Å²) in [4.78, 5) is 22.5. The van der Waals surface area contributed by atoms with Gasteiger partial charge in [0.15, 0.2) is 5.75 Å². The van der Waals surface area contributed by atoms with Crippen LogP contribution in [-0.4, -0.2) is 120 Å². The van der Waals surface area contributed by atoms with Gasteiger partial charge in [0, 0.05) is 29.1 Å². The number of ether oxygens (including phenoxy) is 8. The average Bonchev–Trinajstić information content (AvgIpc) is 3.06. The van der Waals surface area contributed by atoms with Gasteiger partial charge < -0.3 is 48.0 Å². The Bertz CT molecular complexity index is 1170. The molecule has 20 heteroatoms. The maximum atomic E-state index is 13.1. The van der Waals surface area contributed by atoms with Crippen molar-refractivity contribution in [2.45, 2.75) is 0 Å². The Balaban J connectivity index is 0.000000462. The summed E-state index contributed by atoms with van der Waals surface area (Å²) in [6.07, 6.45) is 2.69. The predicted octanol–water partition coefficient (Wildman–Crippen LogP) is 3.69. The van der Waals surface area contributed by atoms with E-state index in [1.807, 2.05) is 0 Å². The van der Waals surface area contributed by atoms with Crippen LogP contribution in [0, 0.1) is 16.1 Å². The second kappa shape index (κ2) is 29.3. The van der Waals surface area contributed by atoms with Gasteiger partial charge in [-0.05, 0) is 45.2 Å². The highest BCUT2D eigenvalue weighted by Crippen LogP contribution is 2.22. The second-order valence-electron chi connectivity index (χ2n) is 8.15. The Kier molecular flexibility index (Phi) is 25.3. The second-order valence-corrected chi connectivity index (χ2v) is 8.15. The third-order valence-electron chi connectivity index (χ3n) is 4.90. The monoisotopic (exact) mass is 654 g/mol. The van der Waals surface area contributed by atoms with Crippen molar-refractivity contribution >= 4 is 5.82 Å². The molecule has 0 saturated carbocycles.